The first kappa shape index (κ1) is 23.7. The van der Waals surface area contributed by atoms with E-state index in [4.69, 9.17) is 10.9 Å². The molecule has 0 N–H and O–H groups in total. The summed E-state index contributed by atoms with van der Waals surface area (Å²) in [6.07, 6.45) is 13.9. The fraction of sp³-hybridized carbons (Fsp3) is 0.895. The molecule has 4 nitrogen and oxygen atoms in total. The van der Waals surface area contributed by atoms with Gasteiger partial charge in [0.2, 0.25) is 0 Å². The summed E-state index contributed by atoms with van der Waals surface area (Å²) in [6.45, 7) is 12.0. The maximum absolute atomic E-state index is 13.9. The fourth-order valence-electron chi connectivity index (χ4n) is 2.56. The predicted molar refractivity (Wildman–Crippen MR) is 105 cm³/mol. The van der Waals surface area contributed by atoms with Crippen molar-refractivity contribution in [1.82, 2.24) is 9.34 Å². The van der Waals surface area contributed by atoms with Crippen LogP contribution >= 0.6 is 7.67 Å². The van der Waals surface area contributed by atoms with Crippen LogP contribution in [0, 0.1) is 12.3 Å². The van der Waals surface area contributed by atoms with Crippen LogP contribution in [0.2, 0.25) is 0 Å². The molecule has 0 rings (SSSR count). The molecule has 0 fully saturated rings. The maximum Gasteiger partial charge on any atom is 0.346 e. The van der Waals surface area contributed by atoms with E-state index in [1.54, 1.807) is 0 Å². The predicted octanol–water partition coefficient (Wildman–Crippen LogP) is 5.55. The molecule has 0 aliphatic rings. The minimum Gasteiger partial charge on any atom is -0.293 e. The highest BCUT2D eigenvalue weighted by molar-refractivity contribution is 7.54. The average molecular weight is 359 g/mol. The molecule has 0 aromatic heterocycles. The molecule has 0 spiro atoms. The molecule has 142 valence electrons. The Morgan fingerprint density at radius 2 is 1.12 bits per heavy atom. The van der Waals surface area contributed by atoms with Gasteiger partial charge in [0.05, 0.1) is 0 Å². The molecule has 0 aliphatic carbocycles. The van der Waals surface area contributed by atoms with E-state index in [2.05, 4.69) is 43.0 Å². The zero-order valence-corrected chi connectivity index (χ0v) is 17.3. The van der Waals surface area contributed by atoms with Crippen molar-refractivity contribution >= 4 is 7.67 Å². The molecule has 0 radical (unpaired) electrons. The van der Waals surface area contributed by atoms with Crippen molar-refractivity contribution in [3.8, 4) is 12.3 Å². The number of nitrogens with zero attached hydrogens (tertiary/aromatic N) is 2. The molecular weight excluding hydrogens is 319 g/mol. The lowest BCUT2D eigenvalue weighted by molar-refractivity contribution is 0.217. The van der Waals surface area contributed by atoms with Crippen LogP contribution in [-0.4, -0.2) is 42.1 Å². The second-order valence-electron chi connectivity index (χ2n) is 6.29. The molecule has 0 atom stereocenters. The van der Waals surface area contributed by atoms with Crippen LogP contribution in [0.15, 0.2) is 0 Å². The van der Waals surface area contributed by atoms with Crippen molar-refractivity contribution in [2.45, 2.75) is 79.1 Å². The summed E-state index contributed by atoms with van der Waals surface area (Å²) in [5, 5.41) is 0. The van der Waals surface area contributed by atoms with Crippen LogP contribution in [0.25, 0.3) is 0 Å². The maximum atomic E-state index is 13.9. The molecule has 0 unspecified atom stereocenters. The lowest BCUT2D eigenvalue weighted by atomic mass is 10.3. The molecule has 0 aromatic carbocycles. The molecule has 0 amide bonds. The van der Waals surface area contributed by atoms with Crippen LogP contribution in [0.4, 0.5) is 0 Å². The summed E-state index contributed by atoms with van der Waals surface area (Å²) in [5.41, 5.74) is 0. The summed E-state index contributed by atoms with van der Waals surface area (Å²) in [7, 11) is -3.05. The number of hydrogen-bond donors (Lipinski definition) is 0. The smallest absolute Gasteiger partial charge is 0.293 e. The first-order valence-corrected chi connectivity index (χ1v) is 11.3. The van der Waals surface area contributed by atoms with Crippen molar-refractivity contribution < 1.29 is 9.09 Å². The summed E-state index contributed by atoms with van der Waals surface area (Å²) in [5.74, 6) is 2.51. The minimum atomic E-state index is -3.05. The Morgan fingerprint density at radius 1 is 0.792 bits per heavy atom. The van der Waals surface area contributed by atoms with Gasteiger partial charge in [0.1, 0.15) is 6.61 Å². The van der Waals surface area contributed by atoms with Gasteiger partial charge in [-0.1, -0.05) is 59.3 Å². The molecule has 0 saturated heterocycles. The molecule has 5 heteroatoms. The summed E-state index contributed by atoms with van der Waals surface area (Å²) >= 11 is 0. The average Bonchev–Trinajstić information content (AvgIpc) is 2.59. The molecule has 0 aromatic rings. The highest BCUT2D eigenvalue weighted by atomic mass is 31.2. The van der Waals surface area contributed by atoms with Gasteiger partial charge in [0.15, 0.2) is 0 Å². The SMILES string of the molecule is C#CCOP(=O)(N(CCCC)CCCC)N(CCCC)CCCC. The molecule has 24 heavy (non-hydrogen) atoms. The van der Waals surface area contributed by atoms with E-state index >= 15 is 0 Å². The normalized spacial score (nSPS) is 12.0. The third-order valence-corrected chi connectivity index (χ3v) is 6.81. The molecule has 0 heterocycles. The lowest BCUT2D eigenvalue weighted by Crippen LogP contribution is -2.35. The van der Waals surface area contributed by atoms with Crippen molar-refractivity contribution in [2.75, 3.05) is 32.8 Å². The molecule has 0 saturated carbocycles. The van der Waals surface area contributed by atoms with Gasteiger partial charge in [-0.2, -0.15) is 0 Å². The number of rotatable bonds is 16. The molecular formula is C19H39N2O2P. The van der Waals surface area contributed by atoms with Crippen LogP contribution < -0.4 is 0 Å². The van der Waals surface area contributed by atoms with Gasteiger partial charge in [-0.25, -0.2) is 9.34 Å². The van der Waals surface area contributed by atoms with Crippen molar-refractivity contribution in [2.24, 2.45) is 0 Å². The Kier molecular flexibility index (Phi) is 14.8. The zero-order chi connectivity index (χ0) is 18.3. The first-order chi connectivity index (χ1) is 11.6. The molecule has 0 bridgehead atoms. The van der Waals surface area contributed by atoms with Gasteiger partial charge in [0.25, 0.3) is 0 Å². The van der Waals surface area contributed by atoms with E-state index in [1.165, 1.54) is 0 Å². The van der Waals surface area contributed by atoms with E-state index in [1.807, 2.05) is 0 Å². The Balaban J connectivity index is 5.42. The quantitative estimate of drug-likeness (QED) is 0.267. The number of terminal acetylenes is 1. The lowest BCUT2D eigenvalue weighted by Gasteiger charge is -2.38. The second kappa shape index (κ2) is 15.0. The van der Waals surface area contributed by atoms with Gasteiger partial charge < -0.3 is 0 Å². The van der Waals surface area contributed by atoms with Gasteiger partial charge in [-0.05, 0) is 25.7 Å². The Hall–Kier alpha value is -0.330. The Morgan fingerprint density at radius 3 is 1.38 bits per heavy atom. The van der Waals surface area contributed by atoms with Gasteiger partial charge >= 0.3 is 7.67 Å². The van der Waals surface area contributed by atoms with Crippen LogP contribution in [0.3, 0.4) is 0 Å². The highest BCUT2D eigenvalue weighted by Crippen LogP contribution is 2.54. The first-order valence-electron chi connectivity index (χ1n) is 9.79. The summed E-state index contributed by atoms with van der Waals surface area (Å²) in [6, 6.07) is 0. The summed E-state index contributed by atoms with van der Waals surface area (Å²) < 4.78 is 24.0. The Bertz CT molecular complexity index is 342. The summed E-state index contributed by atoms with van der Waals surface area (Å²) in [4.78, 5) is 0. The highest BCUT2D eigenvalue weighted by Gasteiger charge is 2.37. The van der Waals surface area contributed by atoms with E-state index in [9.17, 15) is 4.57 Å². The van der Waals surface area contributed by atoms with Crippen LogP contribution in [0.1, 0.15) is 79.1 Å². The largest absolute Gasteiger partial charge is 0.346 e. The second-order valence-corrected chi connectivity index (χ2v) is 8.66. The number of hydrogen-bond acceptors (Lipinski definition) is 2. The fourth-order valence-corrected chi connectivity index (χ4v) is 5.06. The third kappa shape index (κ3) is 8.67. The van der Waals surface area contributed by atoms with Crippen molar-refractivity contribution in [3.63, 3.8) is 0 Å². The number of unbranched alkanes of at least 4 members (excludes halogenated alkanes) is 4. The molecule has 0 aliphatic heterocycles. The topological polar surface area (TPSA) is 32.8 Å². The minimum absolute atomic E-state index is 0.112. The zero-order valence-electron chi connectivity index (χ0n) is 16.4. The van der Waals surface area contributed by atoms with Crippen molar-refractivity contribution in [1.29, 1.82) is 0 Å². The van der Waals surface area contributed by atoms with E-state index < -0.39 is 7.67 Å². The van der Waals surface area contributed by atoms with E-state index in [0.29, 0.717) is 0 Å². The van der Waals surface area contributed by atoms with Crippen LogP contribution in [0.5, 0.6) is 0 Å². The Labute approximate surface area is 150 Å². The van der Waals surface area contributed by atoms with Crippen LogP contribution in [-0.2, 0) is 9.09 Å². The monoisotopic (exact) mass is 358 g/mol. The standard InChI is InChI=1S/C19H39N2O2P/c1-6-11-15-20(16-12-7-2)24(22,23-19-10-5)21(17-13-8-3)18-14-9-4/h5H,6-9,11-19H2,1-4H3. The van der Waals surface area contributed by atoms with E-state index in [0.717, 1.165) is 77.5 Å². The van der Waals surface area contributed by atoms with Gasteiger partial charge in [-0.3, -0.25) is 9.09 Å². The van der Waals surface area contributed by atoms with Crippen molar-refractivity contribution in [3.05, 3.63) is 0 Å². The van der Waals surface area contributed by atoms with Gasteiger partial charge in [0, 0.05) is 26.2 Å². The van der Waals surface area contributed by atoms with E-state index in [-0.39, 0.29) is 6.61 Å². The third-order valence-electron chi connectivity index (χ3n) is 4.11. The van der Waals surface area contributed by atoms with Gasteiger partial charge in [-0.15, -0.1) is 6.42 Å².